The number of nitrogens with zero attached hydrogens (tertiary/aromatic N) is 2. The molecule has 6 atom stereocenters. The summed E-state index contributed by atoms with van der Waals surface area (Å²) in [4.78, 5) is 51.3. The molecule has 3 aliphatic rings. The van der Waals surface area contributed by atoms with Gasteiger partial charge in [-0.25, -0.2) is 4.79 Å². The van der Waals surface area contributed by atoms with E-state index >= 15 is 0 Å². The van der Waals surface area contributed by atoms with Crippen LogP contribution in [0, 0.1) is 11.8 Å². The number of thioether (sulfide) groups is 1. The zero-order valence-corrected chi connectivity index (χ0v) is 18.2. The molecule has 0 bridgehead atoms. The van der Waals surface area contributed by atoms with E-state index in [9.17, 15) is 24.3 Å². The van der Waals surface area contributed by atoms with Crippen LogP contribution >= 0.6 is 11.8 Å². The molecule has 0 saturated carbocycles. The third kappa shape index (κ3) is 3.93. The number of carbonyl (C=O) groups excluding carboxylic acids is 2. The number of amides is 2. The van der Waals surface area contributed by atoms with E-state index in [-0.39, 0.29) is 53.3 Å². The molecule has 2 amide bonds. The first kappa shape index (κ1) is 22.6. The minimum Gasteiger partial charge on any atom is -0.480 e. The van der Waals surface area contributed by atoms with Gasteiger partial charge in [-0.2, -0.15) is 0 Å². The summed E-state index contributed by atoms with van der Waals surface area (Å²) < 4.78 is 0. The summed E-state index contributed by atoms with van der Waals surface area (Å²) in [6.45, 7) is 3.97. The zero-order valence-electron chi connectivity index (χ0n) is 17.4. The second kappa shape index (κ2) is 8.56. The van der Waals surface area contributed by atoms with Gasteiger partial charge in [0.2, 0.25) is 11.8 Å². The van der Waals surface area contributed by atoms with Gasteiger partial charge in [0, 0.05) is 42.8 Å². The van der Waals surface area contributed by atoms with Crippen molar-refractivity contribution in [2.45, 2.75) is 43.6 Å². The van der Waals surface area contributed by atoms with Crippen molar-refractivity contribution in [3.63, 3.8) is 0 Å². The number of carbonyl (C=O) groups is 4. The van der Waals surface area contributed by atoms with E-state index in [1.165, 1.54) is 21.6 Å². The lowest BCUT2D eigenvalue weighted by atomic mass is 9.78. The lowest BCUT2D eigenvalue weighted by Gasteiger charge is -2.47. The first-order chi connectivity index (χ1) is 14.0. The Morgan fingerprint density at radius 3 is 2.57 bits per heavy atom. The second-order valence-corrected chi connectivity index (χ2v) is 9.61. The highest BCUT2D eigenvalue weighted by Crippen LogP contribution is 2.51. The van der Waals surface area contributed by atoms with Crippen molar-refractivity contribution in [2.24, 2.45) is 11.8 Å². The number of hydrogen-bond donors (Lipinski definition) is 4. The molecular formula is C19H28N4O6S. The lowest BCUT2D eigenvalue weighted by molar-refractivity contribution is -0.158. The maximum atomic E-state index is 12.8. The Morgan fingerprint density at radius 2 is 2.00 bits per heavy atom. The number of rotatable bonds is 8. The van der Waals surface area contributed by atoms with Gasteiger partial charge in [-0.15, -0.1) is 11.8 Å². The summed E-state index contributed by atoms with van der Waals surface area (Å²) in [6.07, 6.45) is 0.587. The highest BCUT2D eigenvalue weighted by molar-refractivity contribution is 8.03. The van der Waals surface area contributed by atoms with Crippen molar-refractivity contribution in [3.8, 4) is 0 Å². The predicted octanol–water partition coefficient (Wildman–Crippen LogP) is -0.626. The molecule has 166 valence electrons. The Balaban J connectivity index is 1.74. The van der Waals surface area contributed by atoms with E-state index < -0.39 is 17.9 Å². The van der Waals surface area contributed by atoms with Gasteiger partial charge in [-0.05, 0) is 13.3 Å². The van der Waals surface area contributed by atoms with Crippen LogP contribution in [-0.4, -0.2) is 94.3 Å². The Bertz CT molecular complexity index is 800. The number of β-lactam (4-membered cyclic amide) rings is 1. The van der Waals surface area contributed by atoms with E-state index in [1.54, 1.807) is 21.0 Å². The van der Waals surface area contributed by atoms with Crippen LogP contribution in [0.25, 0.3) is 0 Å². The predicted molar refractivity (Wildman–Crippen MR) is 110 cm³/mol. The quantitative estimate of drug-likeness (QED) is 0.363. The maximum absolute atomic E-state index is 12.8. The van der Waals surface area contributed by atoms with Gasteiger partial charge in [-0.3, -0.25) is 14.4 Å². The third-order valence-electron chi connectivity index (χ3n) is 6.03. The van der Waals surface area contributed by atoms with Crippen molar-refractivity contribution in [2.75, 3.05) is 27.2 Å². The molecule has 0 aliphatic carbocycles. The topological polar surface area (TPSA) is 139 Å². The van der Waals surface area contributed by atoms with Crippen molar-refractivity contribution < 1.29 is 29.4 Å². The molecule has 10 nitrogen and oxygen atoms in total. The fraction of sp³-hybridized carbons (Fsp3) is 0.684. The van der Waals surface area contributed by atoms with E-state index in [4.69, 9.17) is 5.11 Å². The molecule has 0 aromatic rings. The van der Waals surface area contributed by atoms with Gasteiger partial charge in [0.25, 0.3) is 0 Å². The molecule has 11 heteroatoms. The number of fused-ring (bicyclic) bond motifs is 1. The molecule has 3 heterocycles. The first-order valence-electron chi connectivity index (χ1n) is 9.91. The van der Waals surface area contributed by atoms with Gasteiger partial charge < -0.3 is 30.6 Å². The highest BCUT2D eigenvalue weighted by atomic mass is 32.2. The van der Waals surface area contributed by atoms with Crippen LogP contribution in [0.1, 0.15) is 20.3 Å². The summed E-state index contributed by atoms with van der Waals surface area (Å²) >= 11 is 1.43. The number of nitrogens with one attached hydrogen (secondary N) is 2. The number of carboxylic acid groups (broad SMARTS) is 2. The van der Waals surface area contributed by atoms with Crippen molar-refractivity contribution in [1.29, 1.82) is 0 Å². The highest BCUT2D eigenvalue weighted by Gasteiger charge is 2.60. The Hall–Kier alpha value is -2.11. The smallest absolute Gasteiger partial charge is 0.353 e. The van der Waals surface area contributed by atoms with Gasteiger partial charge >= 0.3 is 11.9 Å². The molecule has 30 heavy (non-hydrogen) atoms. The van der Waals surface area contributed by atoms with Gasteiger partial charge in [0.05, 0.1) is 24.5 Å². The summed E-state index contributed by atoms with van der Waals surface area (Å²) in [5.74, 6) is -3.12. The van der Waals surface area contributed by atoms with Crippen LogP contribution in [0.4, 0.5) is 0 Å². The number of aliphatic carboxylic acids is 2. The summed E-state index contributed by atoms with van der Waals surface area (Å²) in [6, 6.07) is -0.988. The van der Waals surface area contributed by atoms with Crippen molar-refractivity contribution >= 4 is 35.5 Å². The Morgan fingerprint density at radius 1 is 1.33 bits per heavy atom. The number of carboxylic acids is 2. The minimum absolute atomic E-state index is 0.0117. The van der Waals surface area contributed by atoms with Gasteiger partial charge in [0.1, 0.15) is 5.70 Å². The SMILES string of the molecule is CC(NCC(=O)O)[C@H]1C(=O)N2C(C(=O)O)=C(S[C@@H]3CN[C@H](C(=O)N(C)C)C3)[C@H](C)[C@H]12. The second-order valence-electron chi connectivity index (χ2n) is 8.26. The van der Waals surface area contributed by atoms with Crippen molar-refractivity contribution in [1.82, 2.24) is 20.4 Å². The zero-order chi connectivity index (χ0) is 22.3. The lowest BCUT2D eigenvalue weighted by Crippen LogP contribution is -2.66. The van der Waals surface area contributed by atoms with Crippen LogP contribution in [-0.2, 0) is 19.2 Å². The van der Waals surface area contributed by atoms with Crippen LogP contribution in [0.3, 0.4) is 0 Å². The molecule has 1 unspecified atom stereocenters. The van der Waals surface area contributed by atoms with Crippen LogP contribution in [0.2, 0.25) is 0 Å². The van der Waals surface area contributed by atoms with Crippen LogP contribution < -0.4 is 10.6 Å². The molecule has 0 spiro atoms. The average Bonchev–Trinajstić information content (AvgIpc) is 3.22. The molecule has 3 aliphatic heterocycles. The molecular weight excluding hydrogens is 412 g/mol. The average molecular weight is 441 g/mol. The van der Waals surface area contributed by atoms with E-state index in [0.717, 1.165) is 0 Å². The summed E-state index contributed by atoms with van der Waals surface area (Å²) in [5.41, 5.74) is 0.0200. The molecule has 2 saturated heterocycles. The molecule has 4 N–H and O–H groups in total. The van der Waals surface area contributed by atoms with E-state index in [2.05, 4.69) is 10.6 Å². The largest absolute Gasteiger partial charge is 0.480 e. The maximum Gasteiger partial charge on any atom is 0.353 e. The minimum atomic E-state index is -1.14. The van der Waals surface area contributed by atoms with Gasteiger partial charge in [-0.1, -0.05) is 6.92 Å². The van der Waals surface area contributed by atoms with Gasteiger partial charge in [0.15, 0.2) is 0 Å². The first-order valence-corrected chi connectivity index (χ1v) is 10.8. The summed E-state index contributed by atoms with van der Waals surface area (Å²) in [7, 11) is 3.40. The normalized spacial score (nSPS) is 31.4. The van der Waals surface area contributed by atoms with Crippen LogP contribution in [0.5, 0.6) is 0 Å². The fourth-order valence-electron chi connectivity index (χ4n) is 4.54. The molecule has 0 aromatic carbocycles. The van der Waals surface area contributed by atoms with Crippen molar-refractivity contribution in [3.05, 3.63) is 10.6 Å². The standard InChI is InChI=1S/C19H28N4O6S/c1-8-14-13(9(2)20-7-12(24)25)18(27)23(14)15(19(28)29)16(8)30-10-5-11(21-6-10)17(26)22(3)4/h8-11,13-14,20-21H,5-7H2,1-4H3,(H,24,25)(H,28,29)/t8-,9?,10+,11+,13-,14-/m1/s1. The Kier molecular flexibility index (Phi) is 6.44. The summed E-state index contributed by atoms with van der Waals surface area (Å²) in [5, 5.41) is 24.7. The monoisotopic (exact) mass is 440 g/mol. The van der Waals surface area contributed by atoms with E-state index in [1.807, 2.05) is 6.92 Å². The number of likely N-dealkylation sites (N-methyl/N-ethyl adjacent to an activating group) is 1. The van der Waals surface area contributed by atoms with Crippen LogP contribution in [0.15, 0.2) is 10.6 Å². The molecule has 0 aromatic heterocycles. The van der Waals surface area contributed by atoms with E-state index in [0.29, 0.717) is 17.9 Å². The molecule has 2 fully saturated rings. The third-order valence-corrected chi connectivity index (χ3v) is 7.54. The molecule has 3 rings (SSSR count). The number of hydrogen-bond acceptors (Lipinski definition) is 7. The molecule has 0 radical (unpaired) electrons. The fourth-order valence-corrected chi connectivity index (χ4v) is 6.02. The Labute approximate surface area is 179 Å².